The van der Waals surface area contributed by atoms with Gasteiger partial charge in [0, 0.05) is 28.1 Å². The van der Waals surface area contributed by atoms with Crippen molar-refractivity contribution in [3.8, 4) is 0 Å². The standard InChI is InChI=1S/C37H43NO5S/c1-35-17-16-25(39)18-24(35)13-14-26-27-19-31-37(36(27,2)20-29(40)33(26)35,43-34(42-31)23-9-4-3-5-10-23)30(41)21-44-32-15-12-22-8-6-7-11-28(22)38-32/h6-8,11-12,15-18,23,26-27,29,31,33-34,40H,3-5,9-10,13-14,19-21H2,1-2H3/t26?,27?,29?,31-,33?,34-,35?,36?,37-/m1/s1. The summed E-state index contributed by atoms with van der Waals surface area (Å²) in [7, 11) is 0. The number of carbonyl (C=O) groups excluding carboxylic acids is 2. The molecule has 1 aliphatic heterocycles. The van der Waals surface area contributed by atoms with E-state index in [-0.39, 0.29) is 52.9 Å². The molecule has 1 aromatic heterocycles. The molecular weight excluding hydrogens is 570 g/mol. The molecular formula is C37H43NO5S. The van der Waals surface area contributed by atoms with Crippen molar-refractivity contribution in [1.82, 2.24) is 4.98 Å². The normalized spacial score (nSPS) is 41.5. The lowest BCUT2D eigenvalue weighted by Crippen LogP contribution is -2.63. The molecule has 0 bridgehead atoms. The molecule has 44 heavy (non-hydrogen) atoms. The Kier molecular flexibility index (Phi) is 7.02. The molecule has 1 N–H and O–H groups in total. The van der Waals surface area contributed by atoms with Crippen LogP contribution in [0.25, 0.3) is 10.9 Å². The van der Waals surface area contributed by atoms with E-state index in [9.17, 15) is 14.7 Å². The monoisotopic (exact) mass is 613 g/mol. The van der Waals surface area contributed by atoms with Crippen LogP contribution < -0.4 is 0 Å². The van der Waals surface area contributed by atoms with E-state index < -0.39 is 17.1 Å². The summed E-state index contributed by atoms with van der Waals surface area (Å²) in [6.07, 6.45) is 13.0. The number of aliphatic hydroxyl groups excluding tert-OH is 1. The lowest BCUT2D eigenvalue weighted by molar-refractivity contribution is -0.207. The van der Waals surface area contributed by atoms with Crippen LogP contribution in [-0.4, -0.2) is 51.5 Å². The van der Waals surface area contributed by atoms with Crippen LogP contribution in [-0.2, 0) is 19.1 Å². The lowest BCUT2D eigenvalue weighted by atomic mass is 9.46. The zero-order valence-corrected chi connectivity index (χ0v) is 26.6. The Morgan fingerprint density at radius 3 is 2.75 bits per heavy atom. The minimum atomic E-state index is -1.09. The molecule has 0 amide bonds. The third-order valence-electron chi connectivity index (χ3n) is 12.6. The quantitative estimate of drug-likeness (QED) is 0.370. The van der Waals surface area contributed by atoms with Crippen molar-refractivity contribution >= 4 is 34.2 Å². The molecule has 0 spiro atoms. The van der Waals surface area contributed by atoms with E-state index in [4.69, 9.17) is 14.5 Å². The second kappa shape index (κ2) is 10.6. The topological polar surface area (TPSA) is 85.7 Å². The van der Waals surface area contributed by atoms with Crippen LogP contribution in [0, 0.1) is 34.5 Å². The number of nitrogens with zero attached hydrogens (tertiary/aromatic N) is 1. The Morgan fingerprint density at radius 1 is 1.09 bits per heavy atom. The van der Waals surface area contributed by atoms with Crippen molar-refractivity contribution < 1.29 is 24.2 Å². The second-order valence-electron chi connectivity index (χ2n) is 14.7. The maximum Gasteiger partial charge on any atom is 0.178 e. The first-order chi connectivity index (χ1) is 21.2. The molecule has 9 atom stereocenters. The Bertz CT molecular complexity index is 1560. The lowest BCUT2D eigenvalue weighted by Gasteiger charge is -2.59. The fraction of sp³-hybridized carbons (Fsp3) is 0.595. The maximum atomic E-state index is 14.8. The van der Waals surface area contributed by atoms with E-state index in [1.807, 2.05) is 36.4 Å². The highest BCUT2D eigenvalue weighted by molar-refractivity contribution is 7.99. The number of thioether (sulfide) groups is 1. The highest BCUT2D eigenvalue weighted by Crippen LogP contribution is 2.70. The average Bonchev–Trinajstić information content (AvgIpc) is 3.53. The highest BCUT2D eigenvalue weighted by atomic mass is 32.2. The van der Waals surface area contributed by atoms with Crippen molar-refractivity contribution in [3.63, 3.8) is 0 Å². The van der Waals surface area contributed by atoms with Crippen LogP contribution in [0.3, 0.4) is 0 Å². The first-order valence-electron chi connectivity index (χ1n) is 16.7. The Labute approximate surface area is 264 Å². The van der Waals surface area contributed by atoms with Gasteiger partial charge in [0.1, 0.15) is 0 Å². The summed E-state index contributed by atoms with van der Waals surface area (Å²) < 4.78 is 14.0. The number of benzene rings is 1. The third-order valence-corrected chi connectivity index (χ3v) is 13.6. The zero-order chi connectivity index (χ0) is 30.3. The predicted octanol–water partition coefficient (Wildman–Crippen LogP) is 6.85. The molecule has 5 fully saturated rings. The number of fused-ring (bicyclic) bond motifs is 8. The molecule has 6 unspecified atom stereocenters. The summed E-state index contributed by atoms with van der Waals surface area (Å²) in [5.41, 5.74) is 0.0661. The third kappa shape index (κ3) is 4.21. The number of ketones is 2. The van der Waals surface area contributed by atoms with E-state index in [1.54, 1.807) is 12.2 Å². The van der Waals surface area contributed by atoms with Gasteiger partial charge in [0.25, 0.3) is 0 Å². The number of carbonyl (C=O) groups is 2. The molecule has 1 aromatic carbocycles. The summed E-state index contributed by atoms with van der Waals surface area (Å²) in [5.74, 6) is 1.08. The number of rotatable bonds is 5. The first kappa shape index (κ1) is 29.1. The molecule has 1 saturated heterocycles. The van der Waals surface area contributed by atoms with E-state index in [2.05, 4.69) is 19.9 Å². The minimum Gasteiger partial charge on any atom is -0.393 e. The number of hydrogen-bond donors (Lipinski definition) is 1. The van der Waals surface area contributed by atoms with Gasteiger partial charge < -0.3 is 14.6 Å². The maximum absolute atomic E-state index is 14.8. The van der Waals surface area contributed by atoms with Gasteiger partial charge in [-0.3, -0.25) is 9.59 Å². The minimum absolute atomic E-state index is 0.00113. The number of pyridine rings is 1. The SMILES string of the molecule is CC12C=CC(=O)C=C1CCC1C2C(O)CC2(C)C1C[C@H]1O[C@@H](C3CCCCC3)O[C@]12C(=O)CSc1ccc2ccccc2n1. The number of allylic oxidation sites excluding steroid dienone is 4. The summed E-state index contributed by atoms with van der Waals surface area (Å²) >= 11 is 1.48. The molecule has 4 saturated carbocycles. The zero-order valence-electron chi connectivity index (χ0n) is 25.7. The molecule has 2 heterocycles. The van der Waals surface area contributed by atoms with Gasteiger partial charge >= 0.3 is 0 Å². The largest absolute Gasteiger partial charge is 0.393 e. The first-order valence-corrected chi connectivity index (χ1v) is 17.7. The molecule has 232 valence electrons. The number of aromatic nitrogens is 1. The van der Waals surface area contributed by atoms with Crippen molar-refractivity contribution in [2.45, 2.75) is 101 Å². The van der Waals surface area contributed by atoms with Gasteiger partial charge in [0.15, 0.2) is 23.5 Å². The Morgan fingerprint density at radius 2 is 1.91 bits per heavy atom. The summed E-state index contributed by atoms with van der Waals surface area (Å²) in [6.45, 7) is 4.41. The van der Waals surface area contributed by atoms with Gasteiger partial charge in [-0.1, -0.05) is 80.8 Å². The second-order valence-corrected chi connectivity index (χ2v) is 15.7. The van der Waals surface area contributed by atoms with E-state index in [0.29, 0.717) is 12.3 Å². The van der Waals surface area contributed by atoms with Crippen LogP contribution in [0.2, 0.25) is 0 Å². The Hall–Kier alpha value is -2.32. The van der Waals surface area contributed by atoms with Crippen molar-refractivity contribution in [2.24, 2.45) is 34.5 Å². The van der Waals surface area contributed by atoms with Crippen LogP contribution in [0.15, 0.2) is 65.2 Å². The predicted molar refractivity (Wildman–Crippen MR) is 170 cm³/mol. The van der Waals surface area contributed by atoms with Crippen molar-refractivity contribution in [3.05, 3.63) is 60.2 Å². The van der Waals surface area contributed by atoms with E-state index in [0.717, 1.165) is 53.6 Å². The van der Waals surface area contributed by atoms with Crippen LogP contribution in [0.1, 0.15) is 71.6 Å². The van der Waals surface area contributed by atoms with Crippen molar-refractivity contribution in [1.29, 1.82) is 0 Å². The number of aliphatic hydroxyl groups is 1. The van der Waals surface area contributed by atoms with Crippen LogP contribution in [0.4, 0.5) is 0 Å². The van der Waals surface area contributed by atoms with Crippen molar-refractivity contribution in [2.75, 3.05) is 5.75 Å². The molecule has 5 aliphatic carbocycles. The smallest absolute Gasteiger partial charge is 0.178 e. The van der Waals surface area contributed by atoms with Gasteiger partial charge in [0.05, 0.1) is 28.5 Å². The average molecular weight is 614 g/mol. The molecule has 6 aliphatic rings. The van der Waals surface area contributed by atoms with Gasteiger partial charge in [-0.2, -0.15) is 0 Å². The van der Waals surface area contributed by atoms with E-state index >= 15 is 0 Å². The fourth-order valence-corrected chi connectivity index (χ4v) is 11.4. The number of ether oxygens (including phenoxy) is 2. The Balaban J connectivity index is 1.13. The van der Waals surface area contributed by atoms with E-state index in [1.165, 1.54) is 31.0 Å². The fourth-order valence-electron chi connectivity index (χ4n) is 10.6. The molecule has 7 heteroatoms. The van der Waals surface area contributed by atoms with Crippen LogP contribution in [0.5, 0.6) is 0 Å². The summed E-state index contributed by atoms with van der Waals surface area (Å²) in [6, 6.07) is 12.1. The summed E-state index contributed by atoms with van der Waals surface area (Å²) in [5, 5.41) is 14.0. The number of hydrogen-bond acceptors (Lipinski definition) is 7. The number of para-hydroxylation sites is 1. The molecule has 2 aromatic rings. The van der Waals surface area contributed by atoms with Gasteiger partial charge in [-0.25, -0.2) is 4.98 Å². The molecule has 8 rings (SSSR count). The molecule has 0 radical (unpaired) electrons. The van der Waals surface area contributed by atoms with Gasteiger partial charge in [-0.05, 0) is 74.6 Å². The van der Waals surface area contributed by atoms with Crippen LogP contribution >= 0.6 is 11.8 Å². The molecule has 6 nitrogen and oxygen atoms in total. The highest BCUT2D eigenvalue weighted by Gasteiger charge is 2.76. The summed E-state index contributed by atoms with van der Waals surface area (Å²) in [4.78, 5) is 31.9. The van der Waals surface area contributed by atoms with Gasteiger partial charge in [-0.15, -0.1) is 0 Å². The van der Waals surface area contributed by atoms with Gasteiger partial charge in [0.2, 0.25) is 0 Å². The number of Topliss-reactive ketones (excluding diaryl/α,β-unsaturated/α-hetero) is 1.